The molecule has 15 heavy (non-hydrogen) atoms. The van der Waals surface area contributed by atoms with Gasteiger partial charge >= 0.3 is 0 Å². The van der Waals surface area contributed by atoms with Crippen LogP contribution in [-0.2, 0) is 0 Å². The molecule has 4 heteroatoms. The Morgan fingerprint density at radius 2 is 1.93 bits per heavy atom. The van der Waals surface area contributed by atoms with Gasteiger partial charge in [0.1, 0.15) is 0 Å². The Kier molecular flexibility index (Phi) is 3.36. The molecule has 1 heterocycles. The van der Waals surface area contributed by atoms with Crippen LogP contribution in [-0.4, -0.2) is 20.8 Å². The molecule has 1 aromatic carbocycles. The number of aromatic nitrogens is 2. The minimum atomic E-state index is 0. The number of carbonyl (C=O) groups excluding carboxylic acids is 1. The molecule has 0 aliphatic heterocycles. The molecule has 2 aromatic rings. The second kappa shape index (κ2) is 4.52. The average Bonchev–Trinajstić information content (AvgIpc) is 2.71. The van der Waals surface area contributed by atoms with Gasteiger partial charge in [0, 0.05) is 23.6 Å². The summed E-state index contributed by atoms with van der Waals surface area (Å²) in [5.41, 5.74) is 1.74. The molecule has 78 valence electrons. The minimum absolute atomic E-state index is 0. The van der Waals surface area contributed by atoms with Crippen LogP contribution in [0.4, 0.5) is 0 Å². The Balaban J connectivity index is 0.00000112. The summed E-state index contributed by atoms with van der Waals surface area (Å²) in [6, 6.07) is 7.44. The van der Waals surface area contributed by atoms with Crippen molar-refractivity contribution >= 4 is 5.78 Å². The van der Waals surface area contributed by atoms with Crippen LogP contribution in [0.1, 0.15) is 17.3 Å². The summed E-state index contributed by atoms with van der Waals surface area (Å²) in [7, 11) is 0. The van der Waals surface area contributed by atoms with Gasteiger partial charge in [-0.05, 0) is 31.2 Å². The number of rotatable bonds is 2. The lowest BCUT2D eigenvalue weighted by Crippen LogP contribution is -1.94. The van der Waals surface area contributed by atoms with Gasteiger partial charge in [0.25, 0.3) is 0 Å². The molecule has 2 rings (SSSR count). The third kappa shape index (κ3) is 2.30. The first-order chi connectivity index (χ1) is 6.77. The van der Waals surface area contributed by atoms with Crippen molar-refractivity contribution in [3.05, 3.63) is 48.5 Å². The standard InChI is InChI=1S/C11H10N2O.H2O/c1-9(14)10-2-4-11(5-3-10)13-7-6-12-8-13;/h2-8H,1H3;1H2. The number of Topliss-reactive ketones (excluding diaryl/α,β-unsaturated/α-hetero) is 1. The Labute approximate surface area is 87.5 Å². The van der Waals surface area contributed by atoms with Crippen molar-refractivity contribution in [1.29, 1.82) is 0 Å². The number of nitrogens with zero attached hydrogens (tertiary/aromatic N) is 2. The predicted octanol–water partition coefficient (Wildman–Crippen LogP) is 1.25. The molecule has 2 N–H and O–H groups in total. The zero-order chi connectivity index (χ0) is 9.97. The van der Waals surface area contributed by atoms with Crippen molar-refractivity contribution in [2.24, 2.45) is 0 Å². The van der Waals surface area contributed by atoms with Crippen molar-refractivity contribution in [2.75, 3.05) is 0 Å². The predicted molar refractivity (Wildman–Crippen MR) is 57.2 cm³/mol. The van der Waals surface area contributed by atoms with Gasteiger partial charge in [-0.15, -0.1) is 0 Å². The van der Waals surface area contributed by atoms with Crippen LogP contribution in [0.15, 0.2) is 43.0 Å². The largest absolute Gasteiger partial charge is 0.412 e. The molecule has 0 saturated carbocycles. The zero-order valence-corrected chi connectivity index (χ0v) is 8.34. The van der Waals surface area contributed by atoms with Crippen molar-refractivity contribution in [3.63, 3.8) is 0 Å². The summed E-state index contributed by atoms with van der Waals surface area (Å²) in [6.07, 6.45) is 5.31. The first-order valence-electron chi connectivity index (χ1n) is 4.37. The molecule has 0 aliphatic carbocycles. The second-order valence-electron chi connectivity index (χ2n) is 3.07. The van der Waals surface area contributed by atoms with Crippen molar-refractivity contribution < 1.29 is 10.3 Å². The third-order valence-electron chi connectivity index (χ3n) is 2.08. The molecule has 0 unspecified atom stereocenters. The third-order valence-corrected chi connectivity index (χ3v) is 2.08. The highest BCUT2D eigenvalue weighted by Crippen LogP contribution is 2.09. The van der Waals surface area contributed by atoms with E-state index in [0.717, 1.165) is 11.3 Å². The lowest BCUT2D eigenvalue weighted by Gasteiger charge is -2.01. The summed E-state index contributed by atoms with van der Waals surface area (Å²) in [5, 5.41) is 0. The molecule has 0 fully saturated rings. The smallest absolute Gasteiger partial charge is 0.159 e. The molecular weight excluding hydrogens is 192 g/mol. The average molecular weight is 204 g/mol. The molecule has 0 aliphatic rings. The first kappa shape index (κ1) is 11.1. The van der Waals surface area contributed by atoms with E-state index < -0.39 is 0 Å². The van der Waals surface area contributed by atoms with Crippen molar-refractivity contribution in [1.82, 2.24) is 9.55 Å². The van der Waals surface area contributed by atoms with E-state index in [-0.39, 0.29) is 11.3 Å². The lowest BCUT2D eigenvalue weighted by molar-refractivity contribution is 0.101. The SMILES string of the molecule is CC(=O)c1ccc(-n2ccnc2)cc1.O. The highest BCUT2D eigenvalue weighted by Gasteiger charge is 1.99. The van der Waals surface area contributed by atoms with Gasteiger partial charge in [-0.3, -0.25) is 4.79 Å². The molecule has 0 atom stereocenters. The molecule has 0 radical (unpaired) electrons. The molecule has 0 saturated heterocycles. The second-order valence-corrected chi connectivity index (χ2v) is 3.07. The summed E-state index contributed by atoms with van der Waals surface area (Å²) in [5.74, 6) is 0.0854. The van der Waals surface area contributed by atoms with E-state index in [4.69, 9.17) is 0 Å². The van der Waals surface area contributed by atoms with E-state index in [1.165, 1.54) is 0 Å². The van der Waals surface area contributed by atoms with Crippen LogP contribution in [0.3, 0.4) is 0 Å². The molecule has 1 aromatic heterocycles. The van der Waals surface area contributed by atoms with Gasteiger partial charge in [0.15, 0.2) is 5.78 Å². The van der Waals surface area contributed by atoms with Gasteiger partial charge in [-0.2, -0.15) is 0 Å². The lowest BCUT2D eigenvalue weighted by atomic mass is 10.1. The summed E-state index contributed by atoms with van der Waals surface area (Å²) < 4.78 is 1.89. The van der Waals surface area contributed by atoms with Gasteiger partial charge in [0.2, 0.25) is 0 Å². The maximum atomic E-state index is 11.0. The normalized spacial score (nSPS) is 9.40. The van der Waals surface area contributed by atoms with Crippen molar-refractivity contribution in [2.45, 2.75) is 6.92 Å². The van der Waals surface area contributed by atoms with Gasteiger partial charge in [0.05, 0.1) is 6.33 Å². The summed E-state index contributed by atoms with van der Waals surface area (Å²) >= 11 is 0. The fourth-order valence-corrected chi connectivity index (χ4v) is 1.28. The number of carbonyl (C=O) groups is 1. The van der Waals surface area contributed by atoms with E-state index in [0.29, 0.717) is 0 Å². The Hall–Kier alpha value is -1.94. The quantitative estimate of drug-likeness (QED) is 0.691. The first-order valence-corrected chi connectivity index (χ1v) is 4.37. The van der Waals surface area contributed by atoms with E-state index in [2.05, 4.69) is 4.98 Å². The number of hydrogen-bond acceptors (Lipinski definition) is 2. The highest BCUT2D eigenvalue weighted by atomic mass is 16.1. The number of benzene rings is 1. The van der Waals surface area contributed by atoms with Crippen molar-refractivity contribution in [3.8, 4) is 5.69 Å². The summed E-state index contributed by atoms with van der Waals surface area (Å²) in [4.78, 5) is 15.0. The van der Waals surface area contributed by atoms with Crippen LogP contribution in [0.5, 0.6) is 0 Å². The number of hydrogen-bond donors (Lipinski definition) is 0. The van der Waals surface area contributed by atoms with E-state index in [1.54, 1.807) is 19.4 Å². The monoisotopic (exact) mass is 204 g/mol. The fourth-order valence-electron chi connectivity index (χ4n) is 1.28. The highest BCUT2D eigenvalue weighted by molar-refractivity contribution is 5.94. The molecule has 0 bridgehead atoms. The summed E-state index contributed by atoms with van der Waals surface area (Å²) in [6.45, 7) is 1.56. The van der Waals surface area contributed by atoms with E-state index >= 15 is 0 Å². The fraction of sp³-hybridized carbons (Fsp3) is 0.0909. The minimum Gasteiger partial charge on any atom is -0.412 e. The number of ketones is 1. The van der Waals surface area contributed by atoms with Crippen LogP contribution in [0, 0.1) is 0 Å². The van der Waals surface area contributed by atoms with E-state index in [1.807, 2.05) is 35.0 Å². The molecule has 4 nitrogen and oxygen atoms in total. The Bertz CT molecular complexity index is 432. The van der Waals surface area contributed by atoms with Gasteiger partial charge < -0.3 is 10.0 Å². The van der Waals surface area contributed by atoms with Crippen LogP contribution >= 0.6 is 0 Å². The maximum Gasteiger partial charge on any atom is 0.159 e. The molecular formula is C11H12N2O2. The maximum absolute atomic E-state index is 11.0. The topological polar surface area (TPSA) is 66.4 Å². The van der Waals surface area contributed by atoms with Crippen LogP contribution in [0.25, 0.3) is 5.69 Å². The van der Waals surface area contributed by atoms with Crippen LogP contribution < -0.4 is 0 Å². The van der Waals surface area contributed by atoms with E-state index in [9.17, 15) is 4.79 Å². The molecule has 0 spiro atoms. The van der Waals surface area contributed by atoms with Gasteiger partial charge in [-0.25, -0.2) is 4.98 Å². The Morgan fingerprint density at radius 3 is 2.40 bits per heavy atom. The van der Waals surface area contributed by atoms with Gasteiger partial charge in [-0.1, -0.05) is 0 Å². The molecule has 0 amide bonds. The van der Waals surface area contributed by atoms with Crippen LogP contribution in [0.2, 0.25) is 0 Å². The Morgan fingerprint density at radius 1 is 1.27 bits per heavy atom. The zero-order valence-electron chi connectivity index (χ0n) is 8.34. The number of imidazole rings is 1.